The molecule has 4 aromatic rings. The normalized spacial score (nSPS) is 10.9. The molecule has 0 aliphatic heterocycles. The molecule has 0 spiro atoms. The molecule has 1 amide bonds. The largest absolute Gasteiger partial charge is 0.331 e. The van der Waals surface area contributed by atoms with Crippen LogP contribution in [0.2, 0.25) is 5.02 Å². The van der Waals surface area contributed by atoms with Crippen molar-refractivity contribution in [3.8, 4) is 0 Å². The van der Waals surface area contributed by atoms with Crippen LogP contribution in [0, 0.1) is 12.7 Å². The van der Waals surface area contributed by atoms with Crippen molar-refractivity contribution >= 4 is 34.5 Å². The molecule has 0 saturated heterocycles. The third kappa shape index (κ3) is 5.18. The monoisotopic (exact) mass is 497 g/mol. The predicted molar refractivity (Wildman–Crippen MR) is 132 cm³/mol. The lowest BCUT2D eigenvalue weighted by atomic mass is 10.2. The first-order valence-electron chi connectivity index (χ1n) is 10.5. The van der Waals surface area contributed by atoms with E-state index in [0.717, 1.165) is 20.6 Å². The molecule has 9 heteroatoms. The summed E-state index contributed by atoms with van der Waals surface area (Å²) in [5, 5.41) is 1.79. The minimum Gasteiger partial charge on any atom is -0.306 e. The van der Waals surface area contributed by atoms with Crippen LogP contribution in [0.25, 0.3) is 0 Å². The molecule has 4 rings (SSSR count). The molecule has 0 bridgehead atoms. The van der Waals surface area contributed by atoms with E-state index in [0.29, 0.717) is 5.69 Å². The maximum absolute atomic E-state index is 13.8. The van der Waals surface area contributed by atoms with Crippen molar-refractivity contribution in [2.75, 3.05) is 4.90 Å². The van der Waals surface area contributed by atoms with Gasteiger partial charge in [-0.3, -0.25) is 18.7 Å². The van der Waals surface area contributed by atoms with Gasteiger partial charge in [-0.15, -0.1) is 11.3 Å². The highest BCUT2D eigenvalue weighted by Crippen LogP contribution is 2.26. The van der Waals surface area contributed by atoms with E-state index in [4.69, 9.17) is 11.6 Å². The maximum atomic E-state index is 13.8. The smallest absolute Gasteiger partial charge is 0.306 e. The quantitative estimate of drug-likeness (QED) is 0.379. The van der Waals surface area contributed by atoms with Crippen molar-refractivity contribution in [2.45, 2.75) is 26.6 Å². The molecule has 2 aromatic heterocycles. The molecule has 0 N–H and O–H groups in total. The van der Waals surface area contributed by atoms with Gasteiger partial charge < -0.3 is 4.90 Å². The lowest BCUT2D eigenvalue weighted by molar-refractivity contribution is -0.119. The summed E-state index contributed by atoms with van der Waals surface area (Å²) in [6, 6.07) is 16.5. The number of hydrogen-bond acceptors (Lipinski definition) is 4. The summed E-state index contributed by atoms with van der Waals surface area (Å²) in [7, 11) is 0. The Kier molecular flexibility index (Phi) is 7.09. The fraction of sp³-hybridized carbons (Fsp3) is 0.160. The molecule has 0 atom stereocenters. The Balaban J connectivity index is 1.68. The average molecular weight is 498 g/mol. The summed E-state index contributed by atoms with van der Waals surface area (Å²) < 4.78 is 16.0. The van der Waals surface area contributed by atoms with Gasteiger partial charge in [0, 0.05) is 22.8 Å². The van der Waals surface area contributed by atoms with Crippen LogP contribution >= 0.6 is 22.9 Å². The minimum atomic E-state index is -0.604. The molecule has 0 aliphatic rings. The van der Waals surface area contributed by atoms with E-state index in [1.54, 1.807) is 0 Å². The first kappa shape index (κ1) is 23.7. The summed E-state index contributed by atoms with van der Waals surface area (Å²) in [5.41, 5.74) is 1.09. The van der Waals surface area contributed by atoms with Gasteiger partial charge in [-0.2, -0.15) is 0 Å². The van der Waals surface area contributed by atoms with Gasteiger partial charge in [0.05, 0.1) is 18.1 Å². The molecule has 0 aliphatic carbocycles. The standard InChI is InChI=1S/C25H21ClFN3O3S/c1-17-10-12-34-22(17)15-29(19-7-8-21(27)20(26)13-19)24(32)16-30-23(31)9-11-28(25(30)33)14-18-5-3-2-4-6-18/h2-13H,14-16H2,1H3. The van der Waals surface area contributed by atoms with E-state index >= 15 is 0 Å². The Labute approximate surface area is 204 Å². The van der Waals surface area contributed by atoms with E-state index in [1.165, 1.54) is 51.3 Å². The summed E-state index contributed by atoms with van der Waals surface area (Å²) >= 11 is 7.44. The van der Waals surface area contributed by atoms with Gasteiger partial charge in [0.15, 0.2) is 0 Å². The first-order valence-corrected chi connectivity index (χ1v) is 11.7. The summed E-state index contributed by atoms with van der Waals surface area (Å²) in [6.45, 7) is 1.92. The predicted octanol–water partition coefficient (Wildman–Crippen LogP) is 4.45. The highest BCUT2D eigenvalue weighted by molar-refractivity contribution is 7.10. The molecule has 174 valence electrons. The third-order valence-corrected chi connectivity index (χ3v) is 6.71. The van der Waals surface area contributed by atoms with Crippen LogP contribution in [0.3, 0.4) is 0 Å². The number of benzene rings is 2. The number of nitrogens with zero attached hydrogens (tertiary/aromatic N) is 3. The topological polar surface area (TPSA) is 64.3 Å². The maximum Gasteiger partial charge on any atom is 0.331 e. The zero-order chi connectivity index (χ0) is 24.2. The van der Waals surface area contributed by atoms with Crippen molar-refractivity contribution in [3.05, 3.63) is 120 Å². The second-order valence-corrected chi connectivity index (χ2v) is 9.15. The van der Waals surface area contributed by atoms with Crippen LogP contribution in [-0.2, 0) is 24.4 Å². The lowest BCUT2D eigenvalue weighted by Crippen LogP contribution is -2.44. The second kappa shape index (κ2) is 10.2. The second-order valence-electron chi connectivity index (χ2n) is 7.74. The van der Waals surface area contributed by atoms with Gasteiger partial charge in [0.2, 0.25) is 5.91 Å². The summed E-state index contributed by atoms with van der Waals surface area (Å²) in [5.74, 6) is -1.10. The summed E-state index contributed by atoms with van der Waals surface area (Å²) in [4.78, 5) is 41.3. The highest BCUT2D eigenvalue weighted by atomic mass is 35.5. The van der Waals surface area contributed by atoms with Crippen molar-refractivity contribution in [2.24, 2.45) is 0 Å². The van der Waals surface area contributed by atoms with Gasteiger partial charge in [-0.25, -0.2) is 9.18 Å². The Morgan fingerprint density at radius 2 is 1.85 bits per heavy atom. The average Bonchev–Trinajstić information content (AvgIpc) is 3.23. The SMILES string of the molecule is Cc1ccsc1CN(C(=O)Cn1c(=O)ccn(Cc2ccccc2)c1=O)c1ccc(F)c(Cl)c1. The van der Waals surface area contributed by atoms with Crippen molar-refractivity contribution < 1.29 is 9.18 Å². The zero-order valence-corrected chi connectivity index (χ0v) is 19.9. The lowest BCUT2D eigenvalue weighted by Gasteiger charge is -2.23. The number of carbonyl (C=O) groups excluding carboxylic acids is 1. The molecule has 6 nitrogen and oxygen atoms in total. The number of aryl methyl sites for hydroxylation is 1. The van der Waals surface area contributed by atoms with E-state index in [9.17, 15) is 18.8 Å². The number of rotatable bonds is 7. The van der Waals surface area contributed by atoms with Crippen LogP contribution in [0.15, 0.2) is 81.8 Å². The molecule has 2 heterocycles. The van der Waals surface area contributed by atoms with Gasteiger partial charge in [0.1, 0.15) is 12.4 Å². The minimum absolute atomic E-state index is 0.125. The third-order valence-electron chi connectivity index (χ3n) is 5.41. The van der Waals surface area contributed by atoms with E-state index in [2.05, 4.69) is 0 Å². The molecule has 0 radical (unpaired) electrons. The Morgan fingerprint density at radius 1 is 1.09 bits per heavy atom. The first-order chi connectivity index (χ1) is 16.3. The number of hydrogen-bond donors (Lipinski definition) is 0. The van der Waals surface area contributed by atoms with Crippen molar-refractivity contribution in [1.82, 2.24) is 9.13 Å². The van der Waals surface area contributed by atoms with Crippen LogP contribution in [0.1, 0.15) is 16.0 Å². The zero-order valence-electron chi connectivity index (χ0n) is 18.3. The van der Waals surface area contributed by atoms with Crippen LogP contribution in [-0.4, -0.2) is 15.0 Å². The number of aromatic nitrogens is 2. The summed E-state index contributed by atoms with van der Waals surface area (Å²) in [6.07, 6.45) is 1.42. The van der Waals surface area contributed by atoms with Crippen molar-refractivity contribution in [3.63, 3.8) is 0 Å². The van der Waals surface area contributed by atoms with Gasteiger partial charge in [-0.05, 0) is 47.7 Å². The molecular formula is C25H21ClFN3O3S. The fourth-order valence-corrected chi connectivity index (χ4v) is 4.58. The Bertz CT molecular complexity index is 1450. The van der Waals surface area contributed by atoms with Crippen molar-refractivity contribution in [1.29, 1.82) is 0 Å². The molecule has 0 saturated carbocycles. The molecule has 2 aromatic carbocycles. The number of amides is 1. The van der Waals surface area contributed by atoms with Gasteiger partial charge in [0.25, 0.3) is 5.56 Å². The number of thiophene rings is 1. The molecule has 0 fully saturated rings. The number of carbonyl (C=O) groups is 1. The van der Waals surface area contributed by atoms with E-state index in [1.807, 2.05) is 48.7 Å². The van der Waals surface area contributed by atoms with Gasteiger partial charge in [-0.1, -0.05) is 41.9 Å². The van der Waals surface area contributed by atoms with Crippen LogP contribution in [0.5, 0.6) is 0 Å². The molecule has 34 heavy (non-hydrogen) atoms. The van der Waals surface area contributed by atoms with E-state index in [-0.39, 0.29) is 18.1 Å². The number of halogens is 2. The molecule has 0 unspecified atom stereocenters. The Morgan fingerprint density at radius 3 is 2.53 bits per heavy atom. The molecular weight excluding hydrogens is 477 g/mol. The van der Waals surface area contributed by atoms with E-state index < -0.39 is 29.5 Å². The Hall–Kier alpha value is -3.49. The highest BCUT2D eigenvalue weighted by Gasteiger charge is 2.21. The van der Waals surface area contributed by atoms with Gasteiger partial charge >= 0.3 is 5.69 Å². The number of anilines is 1. The van der Waals surface area contributed by atoms with Crippen LogP contribution < -0.4 is 16.1 Å². The fourth-order valence-electron chi connectivity index (χ4n) is 3.51. The van der Waals surface area contributed by atoms with Crippen LogP contribution in [0.4, 0.5) is 10.1 Å².